The maximum atomic E-state index is 13.9. The van der Waals surface area contributed by atoms with Crippen LogP contribution in [0.1, 0.15) is 45.0 Å². The number of rotatable bonds is 2. The van der Waals surface area contributed by atoms with Crippen LogP contribution in [0.2, 0.25) is 5.02 Å². The van der Waals surface area contributed by atoms with Crippen LogP contribution >= 0.6 is 11.6 Å². The second-order valence-electron chi connectivity index (χ2n) is 6.00. The van der Waals surface area contributed by atoms with Gasteiger partial charge in [0.25, 0.3) is 0 Å². The number of ketones is 1. The highest BCUT2D eigenvalue weighted by Crippen LogP contribution is 2.37. The van der Waals surface area contributed by atoms with E-state index in [1.165, 1.54) is 19.1 Å². The van der Waals surface area contributed by atoms with Crippen molar-refractivity contribution in [1.29, 1.82) is 0 Å². The summed E-state index contributed by atoms with van der Waals surface area (Å²) in [4.78, 5) is 11.3. The minimum Gasteiger partial charge on any atom is -0.399 e. The molecule has 20 heavy (non-hydrogen) atoms. The second-order valence-corrected chi connectivity index (χ2v) is 6.41. The van der Waals surface area contributed by atoms with E-state index in [1.54, 1.807) is 0 Å². The van der Waals surface area contributed by atoms with E-state index in [9.17, 15) is 9.18 Å². The first-order valence-corrected chi connectivity index (χ1v) is 6.78. The monoisotopic (exact) mass is 298 g/mol. The van der Waals surface area contributed by atoms with Crippen molar-refractivity contribution in [1.82, 2.24) is 0 Å². The summed E-state index contributed by atoms with van der Waals surface area (Å²) in [5, 5.41) is 0.259. The lowest BCUT2D eigenvalue weighted by molar-refractivity contribution is 0.00578. The van der Waals surface area contributed by atoms with E-state index >= 15 is 0 Å². The van der Waals surface area contributed by atoms with Gasteiger partial charge in [-0.1, -0.05) is 11.6 Å². The average Bonchev–Trinajstić information content (AvgIpc) is 2.50. The Morgan fingerprint density at radius 2 is 1.70 bits per heavy atom. The van der Waals surface area contributed by atoms with Gasteiger partial charge in [0.15, 0.2) is 5.78 Å². The van der Waals surface area contributed by atoms with Crippen LogP contribution in [0.4, 0.5) is 4.39 Å². The molecule has 0 aliphatic carbocycles. The standard InChI is InChI=1S/C14H17BClFO3/c1-8(18)9-6-11(16)10(7-12(9)17)15-19-13(2,3)14(4,5)20-15/h6-7H,1-5H3. The first kappa shape index (κ1) is 15.5. The Hall–Kier alpha value is -0.905. The van der Waals surface area contributed by atoms with Crippen molar-refractivity contribution in [2.24, 2.45) is 0 Å². The summed E-state index contributed by atoms with van der Waals surface area (Å²) in [6.07, 6.45) is 0. The topological polar surface area (TPSA) is 35.5 Å². The fourth-order valence-electron chi connectivity index (χ4n) is 1.98. The van der Waals surface area contributed by atoms with E-state index in [2.05, 4.69) is 0 Å². The Kier molecular flexibility index (Phi) is 3.74. The molecule has 0 amide bonds. The van der Waals surface area contributed by atoms with E-state index in [0.717, 1.165) is 0 Å². The van der Waals surface area contributed by atoms with Gasteiger partial charge in [-0.3, -0.25) is 4.79 Å². The number of hydrogen-bond acceptors (Lipinski definition) is 3. The summed E-state index contributed by atoms with van der Waals surface area (Å²) in [5.74, 6) is -0.989. The van der Waals surface area contributed by atoms with Crippen LogP contribution in [-0.4, -0.2) is 24.1 Å². The third-order valence-electron chi connectivity index (χ3n) is 3.97. The predicted octanol–water partition coefficient (Wildman–Crippen LogP) is 2.98. The fourth-order valence-corrected chi connectivity index (χ4v) is 2.24. The maximum Gasteiger partial charge on any atom is 0.496 e. The van der Waals surface area contributed by atoms with Crippen molar-refractivity contribution >= 4 is 30.0 Å². The number of Topliss-reactive ketones (excluding diaryl/α,β-unsaturated/α-hetero) is 1. The molecule has 3 nitrogen and oxygen atoms in total. The molecule has 0 radical (unpaired) electrons. The SMILES string of the molecule is CC(=O)c1cc(Cl)c(B2OC(C)(C)C(C)(C)O2)cc1F. The minimum atomic E-state index is -0.747. The second kappa shape index (κ2) is 4.83. The number of benzene rings is 1. The quantitative estimate of drug-likeness (QED) is 0.622. The molecule has 1 aromatic rings. The van der Waals surface area contributed by atoms with Gasteiger partial charge in [-0.15, -0.1) is 0 Å². The van der Waals surface area contributed by atoms with Gasteiger partial charge in [-0.05, 0) is 46.8 Å². The van der Waals surface area contributed by atoms with E-state index in [0.29, 0.717) is 5.46 Å². The molecule has 0 bridgehead atoms. The normalized spacial score (nSPS) is 20.2. The molecule has 1 aromatic carbocycles. The van der Waals surface area contributed by atoms with E-state index < -0.39 is 24.1 Å². The summed E-state index contributed by atoms with van der Waals surface area (Å²) in [6, 6.07) is 2.53. The number of hydrogen-bond donors (Lipinski definition) is 0. The van der Waals surface area contributed by atoms with E-state index in [1.807, 2.05) is 27.7 Å². The molecule has 0 atom stereocenters. The van der Waals surface area contributed by atoms with E-state index in [-0.39, 0.29) is 16.4 Å². The molecule has 0 aromatic heterocycles. The molecule has 2 rings (SSSR count). The Labute approximate surface area is 123 Å². The van der Waals surface area contributed by atoms with Crippen LogP contribution in [0.15, 0.2) is 12.1 Å². The van der Waals surface area contributed by atoms with Crippen molar-refractivity contribution in [2.75, 3.05) is 0 Å². The Bertz CT molecular complexity index is 556. The zero-order valence-electron chi connectivity index (χ0n) is 12.2. The first-order valence-electron chi connectivity index (χ1n) is 6.41. The molecule has 1 fully saturated rings. The molecular formula is C14H17BClFO3. The summed E-state index contributed by atoms with van der Waals surface area (Å²) >= 11 is 6.13. The molecule has 1 saturated heterocycles. The summed E-state index contributed by atoms with van der Waals surface area (Å²) in [6.45, 7) is 8.91. The molecule has 1 heterocycles. The van der Waals surface area contributed by atoms with Gasteiger partial charge < -0.3 is 9.31 Å². The molecule has 0 unspecified atom stereocenters. The van der Waals surface area contributed by atoms with Crippen molar-refractivity contribution < 1.29 is 18.5 Å². The van der Waals surface area contributed by atoms with Gasteiger partial charge >= 0.3 is 7.12 Å². The molecular weight excluding hydrogens is 281 g/mol. The highest BCUT2D eigenvalue weighted by atomic mass is 35.5. The van der Waals surface area contributed by atoms with Crippen LogP contribution in [0, 0.1) is 5.82 Å². The zero-order chi connectivity index (χ0) is 15.3. The molecule has 108 valence electrons. The number of carbonyl (C=O) groups excluding carboxylic acids is 1. The molecule has 0 N–H and O–H groups in total. The van der Waals surface area contributed by atoms with Crippen LogP contribution < -0.4 is 5.46 Å². The molecule has 6 heteroatoms. The average molecular weight is 299 g/mol. The minimum absolute atomic E-state index is 0.0322. The van der Waals surface area contributed by atoms with Crippen LogP contribution in [0.3, 0.4) is 0 Å². The van der Waals surface area contributed by atoms with Crippen LogP contribution in [0.5, 0.6) is 0 Å². The lowest BCUT2D eigenvalue weighted by Crippen LogP contribution is -2.41. The molecule has 1 aliphatic heterocycles. The number of carbonyl (C=O) groups is 1. The van der Waals surface area contributed by atoms with Gasteiger partial charge in [0.2, 0.25) is 0 Å². The molecule has 0 spiro atoms. The first-order chi connectivity index (χ1) is 9.05. The summed E-state index contributed by atoms with van der Waals surface area (Å²) in [7, 11) is -0.747. The van der Waals surface area contributed by atoms with E-state index in [4.69, 9.17) is 20.9 Å². The third-order valence-corrected chi connectivity index (χ3v) is 4.30. The van der Waals surface area contributed by atoms with Crippen molar-refractivity contribution in [3.63, 3.8) is 0 Å². The Morgan fingerprint density at radius 1 is 1.20 bits per heavy atom. The number of halogens is 2. The molecule has 0 saturated carbocycles. The van der Waals surface area contributed by atoms with Crippen molar-refractivity contribution in [3.05, 3.63) is 28.5 Å². The zero-order valence-corrected chi connectivity index (χ0v) is 13.0. The van der Waals surface area contributed by atoms with Crippen molar-refractivity contribution in [2.45, 2.75) is 45.8 Å². The summed E-state index contributed by atoms with van der Waals surface area (Å²) in [5.41, 5.74) is -0.698. The smallest absolute Gasteiger partial charge is 0.399 e. The van der Waals surface area contributed by atoms with Gasteiger partial charge in [-0.2, -0.15) is 0 Å². The Balaban J connectivity index is 2.41. The van der Waals surface area contributed by atoms with Crippen LogP contribution in [0.25, 0.3) is 0 Å². The fraction of sp³-hybridized carbons (Fsp3) is 0.500. The predicted molar refractivity (Wildman–Crippen MR) is 77.1 cm³/mol. The third kappa shape index (κ3) is 2.50. The van der Waals surface area contributed by atoms with Crippen LogP contribution in [-0.2, 0) is 9.31 Å². The molecule has 1 aliphatic rings. The van der Waals surface area contributed by atoms with Gasteiger partial charge in [0, 0.05) is 10.5 Å². The van der Waals surface area contributed by atoms with Gasteiger partial charge in [0.05, 0.1) is 16.8 Å². The van der Waals surface area contributed by atoms with Gasteiger partial charge in [0.1, 0.15) is 5.82 Å². The largest absolute Gasteiger partial charge is 0.496 e. The maximum absolute atomic E-state index is 13.9. The highest BCUT2D eigenvalue weighted by Gasteiger charge is 2.52. The lowest BCUT2D eigenvalue weighted by atomic mass is 9.78. The highest BCUT2D eigenvalue weighted by molar-refractivity contribution is 6.65. The van der Waals surface area contributed by atoms with Crippen molar-refractivity contribution in [3.8, 4) is 0 Å². The lowest BCUT2D eigenvalue weighted by Gasteiger charge is -2.32. The summed E-state index contributed by atoms with van der Waals surface area (Å²) < 4.78 is 25.6. The van der Waals surface area contributed by atoms with Gasteiger partial charge in [-0.25, -0.2) is 4.39 Å². The Morgan fingerprint density at radius 3 is 2.15 bits per heavy atom.